The molecule has 8 heteroatoms. The summed E-state index contributed by atoms with van der Waals surface area (Å²) < 4.78 is 1.53. The van der Waals surface area contributed by atoms with Crippen molar-refractivity contribution >= 4 is 11.6 Å². The molecule has 0 aliphatic carbocycles. The summed E-state index contributed by atoms with van der Waals surface area (Å²) in [6, 6.07) is 6.02. The third-order valence-corrected chi connectivity index (χ3v) is 4.41. The number of benzene rings is 1. The number of nitrogens with zero attached hydrogens (tertiary/aromatic N) is 3. The van der Waals surface area contributed by atoms with Crippen molar-refractivity contribution in [1.82, 2.24) is 20.4 Å². The quantitative estimate of drug-likeness (QED) is 0.616. The number of nitrogens with one attached hydrogen (secondary N) is 2. The van der Waals surface area contributed by atoms with Crippen LogP contribution in [0.1, 0.15) is 29.6 Å². The summed E-state index contributed by atoms with van der Waals surface area (Å²) in [4.78, 5) is 22.4. The predicted molar refractivity (Wildman–Crippen MR) is 92.8 cm³/mol. The highest BCUT2D eigenvalue weighted by molar-refractivity contribution is 5.93. The minimum atomic E-state index is -0.451. The zero-order valence-electron chi connectivity index (χ0n) is 13.9. The maximum atomic E-state index is 12.2. The fraction of sp³-hybridized carbons (Fsp3) is 0.412. The molecule has 1 aliphatic rings. The van der Waals surface area contributed by atoms with Crippen molar-refractivity contribution in [3.63, 3.8) is 0 Å². The van der Waals surface area contributed by atoms with Crippen molar-refractivity contribution in [2.24, 2.45) is 5.92 Å². The number of piperidine rings is 1. The van der Waals surface area contributed by atoms with Crippen molar-refractivity contribution in [2.75, 3.05) is 19.6 Å². The van der Waals surface area contributed by atoms with Gasteiger partial charge in [-0.05, 0) is 50.4 Å². The Hall–Kier alpha value is -2.74. The number of amides is 1. The van der Waals surface area contributed by atoms with Gasteiger partial charge in [-0.25, -0.2) is 4.68 Å². The van der Waals surface area contributed by atoms with Crippen LogP contribution in [0.5, 0.6) is 0 Å². The number of aromatic nitrogens is 2. The number of carbonyl (C=O) groups excluding carboxylic acids is 1. The normalized spacial score (nSPS) is 17.2. The largest absolute Gasteiger partial charge is 0.352 e. The van der Waals surface area contributed by atoms with Gasteiger partial charge in [0, 0.05) is 24.9 Å². The van der Waals surface area contributed by atoms with Crippen LogP contribution in [0.2, 0.25) is 0 Å². The van der Waals surface area contributed by atoms with Gasteiger partial charge < -0.3 is 10.6 Å². The molecule has 1 fully saturated rings. The lowest BCUT2D eigenvalue weighted by molar-refractivity contribution is -0.384. The molecule has 1 aromatic carbocycles. The summed E-state index contributed by atoms with van der Waals surface area (Å²) in [7, 11) is 0. The number of non-ortho nitro benzene ring substituents is 1. The molecule has 0 saturated carbocycles. The fourth-order valence-corrected chi connectivity index (χ4v) is 2.97. The summed E-state index contributed by atoms with van der Waals surface area (Å²) in [6.07, 6.45) is 6.49. The number of carbonyl (C=O) groups is 1. The molecular formula is C17H21N5O3. The van der Waals surface area contributed by atoms with Crippen LogP contribution in [0.15, 0.2) is 36.7 Å². The van der Waals surface area contributed by atoms with Crippen LogP contribution in [0.25, 0.3) is 5.69 Å². The second-order valence-electron chi connectivity index (χ2n) is 6.20. The molecule has 1 unspecified atom stereocenters. The molecule has 1 atom stereocenters. The van der Waals surface area contributed by atoms with Gasteiger partial charge in [-0.1, -0.05) is 0 Å². The van der Waals surface area contributed by atoms with Crippen LogP contribution >= 0.6 is 0 Å². The maximum absolute atomic E-state index is 12.2. The summed E-state index contributed by atoms with van der Waals surface area (Å²) in [5, 5.41) is 21.1. The number of nitro groups is 1. The van der Waals surface area contributed by atoms with Gasteiger partial charge in [0.1, 0.15) is 0 Å². The third-order valence-electron chi connectivity index (χ3n) is 4.41. The van der Waals surface area contributed by atoms with Gasteiger partial charge in [0.25, 0.3) is 11.6 Å². The Bertz CT molecular complexity index is 735. The first-order chi connectivity index (χ1) is 12.1. The van der Waals surface area contributed by atoms with Crippen LogP contribution in [-0.4, -0.2) is 40.2 Å². The number of hydrogen-bond acceptors (Lipinski definition) is 5. The van der Waals surface area contributed by atoms with Gasteiger partial charge in [0.2, 0.25) is 0 Å². The van der Waals surface area contributed by atoms with E-state index in [0.29, 0.717) is 23.7 Å². The highest BCUT2D eigenvalue weighted by Gasteiger charge is 2.14. The lowest BCUT2D eigenvalue weighted by atomic mass is 9.96. The molecule has 1 saturated heterocycles. The molecule has 1 amide bonds. The van der Waals surface area contributed by atoms with Crippen molar-refractivity contribution in [2.45, 2.75) is 19.3 Å². The van der Waals surface area contributed by atoms with Crippen molar-refractivity contribution in [3.05, 3.63) is 52.3 Å². The van der Waals surface area contributed by atoms with E-state index in [-0.39, 0.29) is 11.6 Å². The third kappa shape index (κ3) is 4.42. The smallest absolute Gasteiger partial charge is 0.269 e. The second kappa shape index (κ2) is 7.89. The van der Waals surface area contributed by atoms with E-state index in [1.165, 1.54) is 35.9 Å². The van der Waals surface area contributed by atoms with Crippen LogP contribution < -0.4 is 10.6 Å². The Labute approximate surface area is 145 Å². The molecule has 8 nitrogen and oxygen atoms in total. The van der Waals surface area contributed by atoms with E-state index in [9.17, 15) is 14.9 Å². The first kappa shape index (κ1) is 17.1. The number of nitro benzene ring substituents is 1. The molecule has 2 N–H and O–H groups in total. The SMILES string of the molecule is O=C(NCCC1CCCNC1)c1cnn(-c2ccc([N+](=O)[O-])cc2)c1. The topological polar surface area (TPSA) is 102 Å². The van der Waals surface area contributed by atoms with Crippen LogP contribution in [0, 0.1) is 16.0 Å². The summed E-state index contributed by atoms with van der Waals surface area (Å²) in [5.41, 5.74) is 1.16. The monoisotopic (exact) mass is 343 g/mol. The van der Waals surface area contributed by atoms with E-state index in [1.807, 2.05) is 0 Å². The molecular weight excluding hydrogens is 322 g/mol. The molecule has 1 aromatic heterocycles. The van der Waals surface area contributed by atoms with Crippen molar-refractivity contribution in [1.29, 1.82) is 0 Å². The summed E-state index contributed by atoms with van der Waals surface area (Å²) >= 11 is 0. The Morgan fingerprint density at radius 1 is 1.40 bits per heavy atom. The average molecular weight is 343 g/mol. The average Bonchev–Trinajstić information content (AvgIpc) is 3.13. The van der Waals surface area contributed by atoms with Crippen LogP contribution in [-0.2, 0) is 0 Å². The Kier molecular flexibility index (Phi) is 5.39. The zero-order valence-corrected chi connectivity index (χ0v) is 13.9. The van der Waals surface area contributed by atoms with Crippen LogP contribution in [0.4, 0.5) is 5.69 Å². The van der Waals surface area contributed by atoms with Gasteiger partial charge in [-0.2, -0.15) is 5.10 Å². The lowest BCUT2D eigenvalue weighted by Gasteiger charge is -2.22. The molecule has 0 spiro atoms. The molecule has 25 heavy (non-hydrogen) atoms. The van der Waals surface area contributed by atoms with Gasteiger partial charge in [-0.3, -0.25) is 14.9 Å². The summed E-state index contributed by atoms with van der Waals surface area (Å²) in [6.45, 7) is 2.76. The van der Waals surface area contributed by atoms with E-state index in [2.05, 4.69) is 15.7 Å². The fourth-order valence-electron chi connectivity index (χ4n) is 2.97. The molecule has 2 aromatic rings. The lowest BCUT2D eigenvalue weighted by Crippen LogP contribution is -2.33. The molecule has 3 rings (SSSR count). The molecule has 0 bridgehead atoms. The Morgan fingerprint density at radius 2 is 2.20 bits per heavy atom. The zero-order chi connectivity index (χ0) is 17.6. The first-order valence-corrected chi connectivity index (χ1v) is 8.42. The Balaban J connectivity index is 1.54. The number of hydrogen-bond donors (Lipinski definition) is 2. The van der Waals surface area contributed by atoms with Gasteiger partial charge in [-0.15, -0.1) is 0 Å². The molecule has 2 heterocycles. The second-order valence-corrected chi connectivity index (χ2v) is 6.20. The maximum Gasteiger partial charge on any atom is 0.269 e. The van der Waals surface area contributed by atoms with E-state index >= 15 is 0 Å². The van der Waals surface area contributed by atoms with E-state index in [1.54, 1.807) is 18.3 Å². The number of rotatable bonds is 6. The highest BCUT2D eigenvalue weighted by Crippen LogP contribution is 2.15. The first-order valence-electron chi connectivity index (χ1n) is 8.42. The molecule has 132 valence electrons. The van der Waals surface area contributed by atoms with Gasteiger partial charge in [0.05, 0.1) is 22.4 Å². The predicted octanol–water partition coefficient (Wildman–Crippen LogP) is 1.90. The van der Waals surface area contributed by atoms with Crippen molar-refractivity contribution in [3.8, 4) is 5.69 Å². The Morgan fingerprint density at radius 3 is 2.88 bits per heavy atom. The standard InChI is InChI=1S/C17H21N5O3/c23-17(19-9-7-13-2-1-8-18-10-13)14-11-20-21(12-14)15-3-5-16(6-4-15)22(24)25/h3-6,11-13,18H,1-2,7-10H2,(H,19,23). The van der Waals surface area contributed by atoms with Gasteiger partial charge >= 0.3 is 0 Å². The van der Waals surface area contributed by atoms with E-state index in [4.69, 9.17) is 0 Å². The van der Waals surface area contributed by atoms with Gasteiger partial charge in [0.15, 0.2) is 0 Å². The molecule has 1 aliphatic heterocycles. The van der Waals surface area contributed by atoms with Crippen LogP contribution in [0.3, 0.4) is 0 Å². The van der Waals surface area contributed by atoms with E-state index in [0.717, 1.165) is 19.5 Å². The minimum Gasteiger partial charge on any atom is -0.352 e. The van der Waals surface area contributed by atoms with Crippen molar-refractivity contribution < 1.29 is 9.72 Å². The van der Waals surface area contributed by atoms with E-state index < -0.39 is 4.92 Å². The summed E-state index contributed by atoms with van der Waals surface area (Å²) in [5.74, 6) is 0.466. The minimum absolute atomic E-state index is 0.0195. The highest BCUT2D eigenvalue weighted by atomic mass is 16.6. The molecule has 0 radical (unpaired) electrons.